The summed E-state index contributed by atoms with van der Waals surface area (Å²) in [5, 5.41) is 2.89. The van der Waals surface area contributed by atoms with E-state index < -0.39 is 5.82 Å². The molecule has 2 nitrogen and oxygen atoms in total. The molecular formula is C12H13BrFNOS. The van der Waals surface area contributed by atoms with Crippen molar-refractivity contribution in [3.8, 4) is 0 Å². The second kappa shape index (κ2) is 5.87. The first-order chi connectivity index (χ1) is 8.16. The molecule has 17 heavy (non-hydrogen) atoms. The molecule has 1 aromatic rings. The number of carbonyl (C=O) groups excluding carboxylic acids is 1. The van der Waals surface area contributed by atoms with Crippen molar-refractivity contribution in [3.63, 3.8) is 0 Å². The Labute approximate surface area is 112 Å². The van der Waals surface area contributed by atoms with Gasteiger partial charge in [0.25, 0.3) is 5.91 Å². The number of thioether (sulfide) groups is 1. The van der Waals surface area contributed by atoms with E-state index in [4.69, 9.17) is 0 Å². The minimum absolute atomic E-state index is 0.109. The molecule has 0 bridgehead atoms. The average Bonchev–Trinajstić information content (AvgIpc) is 2.33. The Balaban J connectivity index is 2.05. The van der Waals surface area contributed by atoms with Crippen molar-refractivity contribution in [3.05, 3.63) is 34.1 Å². The van der Waals surface area contributed by atoms with Gasteiger partial charge in [0.1, 0.15) is 5.82 Å². The highest BCUT2D eigenvalue weighted by atomic mass is 79.9. The van der Waals surface area contributed by atoms with Crippen LogP contribution in [0.1, 0.15) is 23.2 Å². The summed E-state index contributed by atoms with van der Waals surface area (Å²) in [6.45, 7) is 0. The van der Waals surface area contributed by atoms with Crippen LogP contribution in [0.2, 0.25) is 0 Å². The van der Waals surface area contributed by atoms with Gasteiger partial charge >= 0.3 is 0 Å². The Hall–Kier alpha value is -0.550. The third kappa shape index (κ3) is 3.45. The van der Waals surface area contributed by atoms with E-state index >= 15 is 0 Å². The quantitative estimate of drug-likeness (QED) is 0.907. The SMILES string of the molecule is O=C(NC1CCSCC1)c1cc(Br)ccc1F. The molecule has 1 heterocycles. The summed E-state index contributed by atoms with van der Waals surface area (Å²) in [7, 11) is 0. The molecule has 1 saturated heterocycles. The lowest BCUT2D eigenvalue weighted by Crippen LogP contribution is -2.37. The number of hydrogen-bond acceptors (Lipinski definition) is 2. The molecule has 0 radical (unpaired) electrons. The Morgan fingerprint density at radius 2 is 2.12 bits per heavy atom. The summed E-state index contributed by atoms with van der Waals surface area (Å²) in [6.07, 6.45) is 1.93. The first kappa shape index (κ1) is 12.9. The van der Waals surface area contributed by atoms with Crippen LogP contribution in [0.4, 0.5) is 4.39 Å². The summed E-state index contributed by atoms with van der Waals surface area (Å²) in [4.78, 5) is 11.9. The van der Waals surface area contributed by atoms with Gasteiger partial charge in [-0.2, -0.15) is 11.8 Å². The number of carbonyl (C=O) groups is 1. The molecule has 1 N–H and O–H groups in total. The lowest BCUT2D eigenvalue weighted by molar-refractivity contribution is 0.0930. The van der Waals surface area contributed by atoms with Gasteiger partial charge in [0.2, 0.25) is 0 Å². The largest absolute Gasteiger partial charge is 0.349 e. The van der Waals surface area contributed by atoms with E-state index in [1.54, 1.807) is 6.07 Å². The Morgan fingerprint density at radius 1 is 1.41 bits per heavy atom. The molecule has 92 valence electrons. The van der Waals surface area contributed by atoms with Gasteiger partial charge in [-0.25, -0.2) is 4.39 Å². The number of benzene rings is 1. The smallest absolute Gasteiger partial charge is 0.254 e. The topological polar surface area (TPSA) is 29.1 Å². The summed E-state index contributed by atoms with van der Waals surface area (Å²) < 4.78 is 14.2. The number of nitrogens with one attached hydrogen (secondary N) is 1. The van der Waals surface area contributed by atoms with Crippen molar-refractivity contribution in [1.29, 1.82) is 0 Å². The second-order valence-electron chi connectivity index (χ2n) is 3.98. The first-order valence-electron chi connectivity index (χ1n) is 5.50. The third-order valence-electron chi connectivity index (χ3n) is 2.73. The number of halogens is 2. The van der Waals surface area contributed by atoms with Crippen molar-refractivity contribution >= 4 is 33.6 Å². The summed E-state index contributed by atoms with van der Waals surface area (Å²) in [5.74, 6) is 1.33. The summed E-state index contributed by atoms with van der Waals surface area (Å²) in [6, 6.07) is 4.59. The zero-order valence-electron chi connectivity index (χ0n) is 9.21. The maximum atomic E-state index is 13.5. The van der Waals surface area contributed by atoms with Crippen LogP contribution in [-0.4, -0.2) is 23.5 Å². The Kier molecular flexibility index (Phi) is 4.45. The highest BCUT2D eigenvalue weighted by molar-refractivity contribution is 9.10. The molecule has 5 heteroatoms. The van der Waals surface area contributed by atoms with Crippen LogP contribution in [0.15, 0.2) is 22.7 Å². The fourth-order valence-electron chi connectivity index (χ4n) is 1.78. The maximum Gasteiger partial charge on any atom is 0.254 e. The molecule has 0 atom stereocenters. The predicted molar refractivity (Wildman–Crippen MR) is 71.9 cm³/mol. The van der Waals surface area contributed by atoms with Crippen LogP contribution in [-0.2, 0) is 0 Å². The van der Waals surface area contributed by atoms with E-state index in [0.717, 1.165) is 24.3 Å². The van der Waals surface area contributed by atoms with Gasteiger partial charge in [-0.15, -0.1) is 0 Å². The van der Waals surface area contributed by atoms with Crippen LogP contribution < -0.4 is 5.32 Å². The van der Waals surface area contributed by atoms with Crippen LogP contribution >= 0.6 is 27.7 Å². The van der Waals surface area contributed by atoms with Crippen LogP contribution in [0.5, 0.6) is 0 Å². The fraction of sp³-hybridized carbons (Fsp3) is 0.417. The van der Waals surface area contributed by atoms with Gasteiger partial charge in [-0.3, -0.25) is 4.79 Å². The zero-order chi connectivity index (χ0) is 12.3. The molecule has 1 aliphatic rings. The molecule has 1 amide bonds. The van der Waals surface area contributed by atoms with Gasteiger partial charge in [0.05, 0.1) is 5.56 Å². The minimum Gasteiger partial charge on any atom is -0.349 e. The molecular weight excluding hydrogens is 305 g/mol. The molecule has 0 spiro atoms. The second-order valence-corrected chi connectivity index (χ2v) is 6.12. The van der Waals surface area contributed by atoms with Gasteiger partial charge < -0.3 is 5.32 Å². The molecule has 1 fully saturated rings. The van der Waals surface area contributed by atoms with E-state index in [-0.39, 0.29) is 17.5 Å². The van der Waals surface area contributed by atoms with Crippen molar-refractivity contribution in [2.75, 3.05) is 11.5 Å². The van der Waals surface area contributed by atoms with E-state index in [0.29, 0.717) is 4.47 Å². The van der Waals surface area contributed by atoms with Crippen molar-refractivity contribution in [1.82, 2.24) is 5.32 Å². The van der Waals surface area contributed by atoms with Crippen LogP contribution in [0.3, 0.4) is 0 Å². The monoisotopic (exact) mass is 317 g/mol. The van der Waals surface area contributed by atoms with Crippen molar-refractivity contribution in [2.24, 2.45) is 0 Å². The van der Waals surface area contributed by atoms with Crippen LogP contribution in [0, 0.1) is 5.82 Å². The summed E-state index contributed by atoms with van der Waals surface area (Å²) in [5.41, 5.74) is 0.109. The number of amides is 1. The molecule has 0 saturated carbocycles. The van der Waals surface area contributed by atoms with Gasteiger partial charge in [0, 0.05) is 10.5 Å². The van der Waals surface area contributed by atoms with Gasteiger partial charge in [0.15, 0.2) is 0 Å². The predicted octanol–water partition coefficient (Wildman–Crippen LogP) is 3.21. The van der Waals surface area contributed by atoms with Crippen molar-refractivity contribution in [2.45, 2.75) is 18.9 Å². The number of rotatable bonds is 2. The van der Waals surface area contributed by atoms with E-state index in [2.05, 4.69) is 21.2 Å². The Morgan fingerprint density at radius 3 is 2.82 bits per heavy atom. The lowest BCUT2D eigenvalue weighted by atomic mass is 10.1. The number of hydrogen-bond donors (Lipinski definition) is 1. The van der Waals surface area contributed by atoms with Crippen LogP contribution in [0.25, 0.3) is 0 Å². The highest BCUT2D eigenvalue weighted by Gasteiger charge is 2.19. The average molecular weight is 318 g/mol. The molecule has 1 aliphatic heterocycles. The van der Waals surface area contributed by atoms with Crippen molar-refractivity contribution < 1.29 is 9.18 Å². The van der Waals surface area contributed by atoms with E-state index in [1.807, 2.05) is 11.8 Å². The zero-order valence-corrected chi connectivity index (χ0v) is 11.6. The molecule has 0 aliphatic carbocycles. The highest BCUT2D eigenvalue weighted by Crippen LogP contribution is 2.19. The standard InChI is InChI=1S/C12H13BrFNOS/c13-8-1-2-11(14)10(7-8)12(16)15-9-3-5-17-6-4-9/h1-2,7,9H,3-6H2,(H,15,16). The molecule has 1 aromatic carbocycles. The van der Waals surface area contributed by atoms with E-state index in [1.165, 1.54) is 12.1 Å². The molecule has 2 rings (SSSR count). The van der Waals surface area contributed by atoms with Gasteiger partial charge in [-0.1, -0.05) is 15.9 Å². The molecule has 0 aromatic heterocycles. The fourth-order valence-corrected chi connectivity index (χ4v) is 3.24. The molecule has 0 unspecified atom stereocenters. The normalized spacial score (nSPS) is 16.8. The first-order valence-corrected chi connectivity index (χ1v) is 7.45. The van der Waals surface area contributed by atoms with E-state index in [9.17, 15) is 9.18 Å². The minimum atomic E-state index is -0.476. The van der Waals surface area contributed by atoms with Gasteiger partial charge in [-0.05, 0) is 42.5 Å². The summed E-state index contributed by atoms with van der Waals surface area (Å²) >= 11 is 5.13. The maximum absolute atomic E-state index is 13.5. The Bertz CT molecular complexity index is 421. The lowest BCUT2D eigenvalue weighted by Gasteiger charge is -2.22. The third-order valence-corrected chi connectivity index (χ3v) is 4.27.